The number of thiocarbonyl (C=S) groups is 1. The van der Waals surface area contributed by atoms with Crippen LogP contribution in [0.5, 0.6) is 0 Å². The van der Waals surface area contributed by atoms with Crippen molar-refractivity contribution in [3.8, 4) is 0 Å². The third-order valence-electron chi connectivity index (χ3n) is 2.70. The molecule has 0 fully saturated rings. The van der Waals surface area contributed by atoms with E-state index in [0.717, 1.165) is 13.1 Å². The molecule has 0 aromatic heterocycles. The fourth-order valence-corrected chi connectivity index (χ4v) is 2.07. The molecule has 0 N–H and O–H groups in total. The van der Waals surface area contributed by atoms with E-state index in [4.69, 9.17) is 12.2 Å². The van der Waals surface area contributed by atoms with Gasteiger partial charge >= 0.3 is 0 Å². The Labute approximate surface area is 138 Å². The summed E-state index contributed by atoms with van der Waals surface area (Å²) in [6.45, 7) is 1.58. The van der Waals surface area contributed by atoms with Crippen LogP contribution in [-0.4, -0.2) is 9.22 Å². The minimum absolute atomic E-state index is 0. The zero-order chi connectivity index (χ0) is 12.8. The molecule has 4 heteroatoms. The molecule has 0 unspecified atom stereocenters. The number of hydrogen-bond acceptors (Lipinski definition) is 1. The molecule has 94 valence electrons. The zero-order valence-corrected chi connectivity index (χ0v) is 15.4. The molecule has 0 bridgehead atoms. The quantitative estimate of drug-likeness (QED) is 0.511. The first-order valence-corrected chi connectivity index (χ1v) is 6.67. The first-order valence-electron chi connectivity index (χ1n) is 5.81. The summed E-state index contributed by atoms with van der Waals surface area (Å²) in [4.78, 5) is 2.09. The maximum absolute atomic E-state index is 5.21. The van der Waals surface area contributed by atoms with Gasteiger partial charge < -0.3 is 4.90 Å². The van der Waals surface area contributed by atoms with Gasteiger partial charge in [0.25, 0.3) is 0 Å². The molecule has 0 saturated heterocycles. The first-order chi connectivity index (χ1) is 8.75. The summed E-state index contributed by atoms with van der Waals surface area (Å²) >= 11 is 9.52. The molecule has 0 spiro atoms. The minimum atomic E-state index is 0. The summed E-state index contributed by atoms with van der Waals surface area (Å²) in [5.74, 6) is 0. The molecule has 1 nitrogen and oxygen atoms in total. The van der Waals surface area contributed by atoms with Gasteiger partial charge in [0.2, 0.25) is 0 Å². The van der Waals surface area contributed by atoms with Gasteiger partial charge in [-0.15, -0.1) is 12.6 Å². The molecular weight excluding hydrogens is 324 g/mol. The predicted molar refractivity (Wildman–Crippen MR) is 83.7 cm³/mol. The summed E-state index contributed by atoms with van der Waals surface area (Å²) in [6.07, 6.45) is 0. The summed E-state index contributed by atoms with van der Waals surface area (Å²) in [5, 5.41) is 0. The van der Waals surface area contributed by atoms with Gasteiger partial charge in [0.1, 0.15) is 4.32 Å². The van der Waals surface area contributed by atoms with Crippen LogP contribution in [0.2, 0.25) is 0 Å². The first kappa shape index (κ1) is 16.4. The number of benzene rings is 2. The van der Waals surface area contributed by atoms with E-state index >= 15 is 0 Å². The molecule has 0 aliphatic heterocycles. The van der Waals surface area contributed by atoms with Gasteiger partial charge in [-0.05, 0) is 11.1 Å². The minimum Gasteiger partial charge on any atom is -0.349 e. The number of nitrogens with zero attached hydrogens (tertiary/aromatic N) is 1. The Morgan fingerprint density at radius 3 is 1.53 bits per heavy atom. The number of thiol groups is 1. The third kappa shape index (κ3) is 5.44. The summed E-state index contributed by atoms with van der Waals surface area (Å²) < 4.78 is 0.628. The summed E-state index contributed by atoms with van der Waals surface area (Å²) in [7, 11) is 0. The molecule has 0 radical (unpaired) electrons. The van der Waals surface area contributed by atoms with Crippen molar-refractivity contribution in [2.45, 2.75) is 13.1 Å². The smallest absolute Gasteiger partial charge is 0.133 e. The fraction of sp³-hybridized carbons (Fsp3) is 0.133. The molecule has 2 aromatic rings. The molecule has 0 heterocycles. The summed E-state index contributed by atoms with van der Waals surface area (Å²) in [6, 6.07) is 20.6. The second-order valence-corrected chi connectivity index (χ2v) is 5.22. The maximum atomic E-state index is 5.21. The van der Waals surface area contributed by atoms with Crippen molar-refractivity contribution in [1.29, 1.82) is 0 Å². The van der Waals surface area contributed by atoms with E-state index in [1.165, 1.54) is 11.1 Å². The van der Waals surface area contributed by atoms with Gasteiger partial charge in [-0.25, -0.2) is 0 Å². The Bertz CT molecular complexity index is 461. The molecule has 19 heavy (non-hydrogen) atoms. The van der Waals surface area contributed by atoms with Crippen LogP contribution >= 0.6 is 24.8 Å². The molecule has 0 amide bonds. The standard InChI is InChI=1S/C15H15NS2.Zn/c17-15(18)16(11-13-7-3-1-4-8-13)12-14-9-5-2-6-10-14;/h1-10H,11-12H2,(H,17,18);. The van der Waals surface area contributed by atoms with Crippen LogP contribution in [0.3, 0.4) is 0 Å². The average molecular weight is 339 g/mol. The monoisotopic (exact) mass is 337 g/mol. The third-order valence-corrected chi connectivity index (χ3v) is 3.24. The van der Waals surface area contributed by atoms with E-state index in [1.54, 1.807) is 0 Å². The van der Waals surface area contributed by atoms with E-state index in [2.05, 4.69) is 41.8 Å². The van der Waals surface area contributed by atoms with Gasteiger partial charge in [-0.3, -0.25) is 0 Å². The van der Waals surface area contributed by atoms with Crippen LogP contribution in [0.1, 0.15) is 11.1 Å². The van der Waals surface area contributed by atoms with Gasteiger partial charge in [-0.2, -0.15) is 0 Å². The van der Waals surface area contributed by atoms with Crippen molar-refractivity contribution in [1.82, 2.24) is 4.90 Å². The molecular formula is C15H15NS2Zn. The number of hydrogen-bond donors (Lipinski definition) is 1. The van der Waals surface area contributed by atoms with Crippen molar-refractivity contribution in [3.05, 3.63) is 71.8 Å². The molecule has 0 aliphatic carbocycles. The van der Waals surface area contributed by atoms with E-state index in [9.17, 15) is 0 Å². The van der Waals surface area contributed by atoms with Crippen LogP contribution in [0.25, 0.3) is 0 Å². The number of rotatable bonds is 4. The van der Waals surface area contributed by atoms with Crippen LogP contribution in [0, 0.1) is 0 Å². The normalized spacial score (nSPS) is 9.53. The summed E-state index contributed by atoms with van der Waals surface area (Å²) in [5.41, 5.74) is 2.48. The van der Waals surface area contributed by atoms with Crippen molar-refractivity contribution in [2.24, 2.45) is 0 Å². The van der Waals surface area contributed by atoms with Crippen molar-refractivity contribution >= 4 is 29.2 Å². The Morgan fingerprint density at radius 1 is 0.842 bits per heavy atom. The van der Waals surface area contributed by atoms with Crippen molar-refractivity contribution in [3.63, 3.8) is 0 Å². The Balaban J connectivity index is 0.00000180. The second kappa shape index (κ2) is 8.47. The zero-order valence-electron chi connectivity index (χ0n) is 10.7. The average Bonchev–Trinajstić information content (AvgIpc) is 2.40. The molecule has 0 aliphatic rings. The van der Waals surface area contributed by atoms with E-state index in [0.29, 0.717) is 4.32 Å². The fourth-order valence-electron chi connectivity index (χ4n) is 1.80. The molecule has 0 atom stereocenters. The molecule has 2 rings (SSSR count). The Hall–Kier alpha value is -0.697. The van der Waals surface area contributed by atoms with Crippen molar-refractivity contribution in [2.75, 3.05) is 0 Å². The van der Waals surface area contributed by atoms with Gasteiger partial charge in [-0.1, -0.05) is 72.9 Å². The van der Waals surface area contributed by atoms with E-state index in [-0.39, 0.29) is 19.5 Å². The topological polar surface area (TPSA) is 3.24 Å². The molecule has 0 saturated carbocycles. The van der Waals surface area contributed by atoms with Crippen LogP contribution < -0.4 is 0 Å². The van der Waals surface area contributed by atoms with Crippen LogP contribution in [0.15, 0.2) is 60.7 Å². The second-order valence-electron chi connectivity index (χ2n) is 4.11. The SMILES string of the molecule is S=C(S)N(Cc1ccccc1)Cc1ccccc1.[Zn]. The Morgan fingerprint density at radius 2 is 1.21 bits per heavy atom. The van der Waals surface area contributed by atoms with Gasteiger partial charge in [0.05, 0.1) is 0 Å². The Kier molecular flexibility index (Phi) is 7.29. The van der Waals surface area contributed by atoms with Crippen molar-refractivity contribution < 1.29 is 19.5 Å². The van der Waals surface area contributed by atoms with Gasteiger partial charge in [0, 0.05) is 32.6 Å². The van der Waals surface area contributed by atoms with Gasteiger partial charge in [0.15, 0.2) is 0 Å². The van der Waals surface area contributed by atoms with Crippen LogP contribution in [0.4, 0.5) is 0 Å². The van der Waals surface area contributed by atoms with E-state index < -0.39 is 0 Å². The van der Waals surface area contributed by atoms with E-state index in [1.807, 2.05) is 36.4 Å². The van der Waals surface area contributed by atoms with Crippen LogP contribution in [-0.2, 0) is 32.6 Å². The maximum Gasteiger partial charge on any atom is 0.133 e. The largest absolute Gasteiger partial charge is 0.349 e. The predicted octanol–water partition coefficient (Wildman–Crippen LogP) is 3.90. The molecule has 2 aromatic carbocycles.